The minimum atomic E-state index is -0.514. The fraction of sp³-hybridized carbons (Fsp3) is 0.467. The monoisotopic (exact) mass is 293 g/mol. The largest absolute Gasteiger partial charge is 0.497 e. The maximum atomic E-state index is 12.6. The highest BCUT2D eigenvalue weighted by Crippen LogP contribution is 2.26. The average Bonchev–Trinajstić information content (AvgIpc) is 3.02. The van der Waals surface area contributed by atoms with Crippen molar-refractivity contribution in [1.29, 1.82) is 0 Å². The highest BCUT2D eigenvalue weighted by atomic mass is 16.5. The maximum absolute atomic E-state index is 12.6. The number of carbonyl (C=O) groups excluding carboxylic acids is 2. The molecule has 0 N–H and O–H groups in total. The standard InChI is InChI=1S/C15H19NO5/c1-19-11-7-10(8-12(9-11)20-2)14(17)16-6-4-5-13(16)15(18)21-3/h7-9,13H,4-6H2,1-3H3. The third kappa shape index (κ3) is 3.09. The van der Waals surface area contributed by atoms with E-state index in [1.165, 1.54) is 21.3 Å². The van der Waals surface area contributed by atoms with Gasteiger partial charge in [-0.15, -0.1) is 0 Å². The molecular weight excluding hydrogens is 274 g/mol. The third-order valence-corrected chi connectivity index (χ3v) is 3.59. The molecule has 1 fully saturated rings. The van der Waals surface area contributed by atoms with Crippen molar-refractivity contribution >= 4 is 11.9 Å². The van der Waals surface area contributed by atoms with Gasteiger partial charge in [0.15, 0.2) is 0 Å². The summed E-state index contributed by atoms with van der Waals surface area (Å²) in [5.41, 5.74) is 0.432. The van der Waals surface area contributed by atoms with Gasteiger partial charge in [-0.2, -0.15) is 0 Å². The van der Waals surface area contributed by atoms with Crippen LogP contribution in [-0.2, 0) is 9.53 Å². The molecule has 0 aliphatic carbocycles. The van der Waals surface area contributed by atoms with Gasteiger partial charge in [-0.3, -0.25) is 4.79 Å². The van der Waals surface area contributed by atoms with Gasteiger partial charge in [-0.25, -0.2) is 4.79 Å². The summed E-state index contributed by atoms with van der Waals surface area (Å²) in [4.78, 5) is 25.9. The molecule has 1 amide bonds. The van der Waals surface area contributed by atoms with Crippen molar-refractivity contribution in [1.82, 2.24) is 4.90 Å². The number of hydrogen-bond donors (Lipinski definition) is 0. The number of amides is 1. The molecule has 2 rings (SSSR count). The summed E-state index contributed by atoms with van der Waals surface area (Å²) >= 11 is 0. The molecule has 1 atom stereocenters. The minimum Gasteiger partial charge on any atom is -0.497 e. The second-order valence-electron chi connectivity index (χ2n) is 4.78. The number of carbonyl (C=O) groups is 2. The van der Waals surface area contributed by atoms with Gasteiger partial charge in [-0.1, -0.05) is 0 Å². The fourth-order valence-electron chi connectivity index (χ4n) is 2.49. The molecule has 0 aromatic heterocycles. The Bertz CT molecular complexity index is 521. The van der Waals surface area contributed by atoms with Crippen LogP contribution >= 0.6 is 0 Å². The van der Waals surface area contributed by atoms with Crippen molar-refractivity contribution < 1.29 is 23.8 Å². The van der Waals surface area contributed by atoms with E-state index in [4.69, 9.17) is 14.2 Å². The lowest BCUT2D eigenvalue weighted by molar-refractivity contribution is -0.145. The van der Waals surface area contributed by atoms with Gasteiger partial charge in [0.1, 0.15) is 17.5 Å². The zero-order valence-electron chi connectivity index (χ0n) is 12.4. The normalized spacial score (nSPS) is 17.5. The van der Waals surface area contributed by atoms with Crippen LogP contribution in [0.2, 0.25) is 0 Å². The van der Waals surface area contributed by atoms with Crippen LogP contribution < -0.4 is 9.47 Å². The molecule has 1 aromatic rings. The first-order valence-electron chi connectivity index (χ1n) is 6.72. The molecule has 6 nitrogen and oxygen atoms in total. The summed E-state index contributed by atoms with van der Waals surface area (Å²) in [6.07, 6.45) is 1.41. The van der Waals surface area contributed by atoms with Crippen molar-refractivity contribution in [3.63, 3.8) is 0 Å². The Kier molecular flexibility index (Phi) is 4.67. The predicted molar refractivity (Wildman–Crippen MR) is 75.6 cm³/mol. The molecule has 0 saturated carbocycles. The topological polar surface area (TPSA) is 65.1 Å². The zero-order valence-corrected chi connectivity index (χ0v) is 12.4. The average molecular weight is 293 g/mol. The van der Waals surface area contributed by atoms with Crippen LogP contribution in [0.1, 0.15) is 23.2 Å². The highest BCUT2D eigenvalue weighted by Gasteiger charge is 2.35. The molecule has 114 valence electrons. The van der Waals surface area contributed by atoms with Crippen molar-refractivity contribution in [2.75, 3.05) is 27.9 Å². The number of methoxy groups -OCH3 is 3. The summed E-state index contributed by atoms with van der Waals surface area (Å²) in [5.74, 6) is 0.467. The molecule has 1 saturated heterocycles. The van der Waals surface area contributed by atoms with Gasteiger partial charge in [-0.05, 0) is 25.0 Å². The van der Waals surface area contributed by atoms with Gasteiger partial charge in [0.05, 0.1) is 21.3 Å². The molecule has 1 unspecified atom stereocenters. The molecule has 21 heavy (non-hydrogen) atoms. The van der Waals surface area contributed by atoms with E-state index in [1.54, 1.807) is 23.1 Å². The van der Waals surface area contributed by atoms with E-state index in [-0.39, 0.29) is 11.9 Å². The molecule has 1 aliphatic heterocycles. The van der Waals surface area contributed by atoms with E-state index in [1.807, 2.05) is 0 Å². The maximum Gasteiger partial charge on any atom is 0.328 e. The first kappa shape index (κ1) is 15.2. The Morgan fingerprint density at radius 1 is 1.10 bits per heavy atom. The Labute approximate surface area is 123 Å². The highest BCUT2D eigenvalue weighted by molar-refractivity contribution is 5.97. The summed E-state index contributed by atoms with van der Waals surface area (Å²) in [7, 11) is 4.38. The Balaban J connectivity index is 2.28. The molecular formula is C15H19NO5. The number of nitrogens with zero attached hydrogens (tertiary/aromatic N) is 1. The van der Waals surface area contributed by atoms with Gasteiger partial charge >= 0.3 is 5.97 Å². The van der Waals surface area contributed by atoms with Crippen LogP contribution in [0.4, 0.5) is 0 Å². The first-order chi connectivity index (χ1) is 10.1. The Morgan fingerprint density at radius 3 is 2.24 bits per heavy atom. The summed E-state index contributed by atoms with van der Waals surface area (Å²) < 4.78 is 15.1. The quantitative estimate of drug-likeness (QED) is 0.787. The third-order valence-electron chi connectivity index (χ3n) is 3.59. The smallest absolute Gasteiger partial charge is 0.328 e. The molecule has 1 aliphatic rings. The van der Waals surface area contributed by atoms with Gasteiger partial charge in [0.2, 0.25) is 0 Å². The lowest BCUT2D eigenvalue weighted by atomic mass is 10.1. The molecule has 1 heterocycles. The van der Waals surface area contributed by atoms with Crippen LogP contribution in [0.25, 0.3) is 0 Å². The molecule has 0 bridgehead atoms. The van der Waals surface area contributed by atoms with Crippen molar-refractivity contribution in [2.24, 2.45) is 0 Å². The second kappa shape index (κ2) is 6.47. The van der Waals surface area contributed by atoms with Crippen LogP contribution in [0.3, 0.4) is 0 Å². The Morgan fingerprint density at radius 2 is 1.71 bits per heavy atom. The number of esters is 1. The van der Waals surface area contributed by atoms with E-state index in [9.17, 15) is 9.59 Å². The number of ether oxygens (including phenoxy) is 3. The lowest BCUT2D eigenvalue weighted by Crippen LogP contribution is -2.41. The van der Waals surface area contributed by atoms with Crippen molar-refractivity contribution in [3.8, 4) is 11.5 Å². The Hall–Kier alpha value is -2.24. The summed E-state index contributed by atoms with van der Waals surface area (Å²) in [6.45, 7) is 0.540. The minimum absolute atomic E-state index is 0.222. The predicted octanol–water partition coefficient (Wildman–Crippen LogP) is 1.48. The van der Waals surface area contributed by atoms with Crippen LogP contribution in [-0.4, -0.2) is 50.7 Å². The molecule has 0 radical (unpaired) electrons. The zero-order chi connectivity index (χ0) is 15.4. The number of likely N-dealkylation sites (tertiary alicyclic amines) is 1. The molecule has 1 aromatic carbocycles. The van der Waals surface area contributed by atoms with E-state index in [0.29, 0.717) is 30.0 Å². The number of benzene rings is 1. The first-order valence-corrected chi connectivity index (χ1v) is 6.72. The van der Waals surface area contributed by atoms with Gasteiger partial charge in [0.25, 0.3) is 5.91 Å². The second-order valence-corrected chi connectivity index (χ2v) is 4.78. The van der Waals surface area contributed by atoms with Crippen LogP contribution in [0.5, 0.6) is 11.5 Å². The van der Waals surface area contributed by atoms with Crippen molar-refractivity contribution in [2.45, 2.75) is 18.9 Å². The van der Waals surface area contributed by atoms with E-state index < -0.39 is 6.04 Å². The molecule has 6 heteroatoms. The van der Waals surface area contributed by atoms with E-state index in [2.05, 4.69) is 0 Å². The van der Waals surface area contributed by atoms with Crippen molar-refractivity contribution in [3.05, 3.63) is 23.8 Å². The number of hydrogen-bond acceptors (Lipinski definition) is 5. The van der Waals surface area contributed by atoms with E-state index >= 15 is 0 Å². The summed E-state index contributed by atoms with van der Waals surface area (Å²) in [5, 5.41) is 0. The molecule has 0 spiro atoms. The van der Waals surface area contributed by atoms with Crippen LogP contribution in [0.15, 0.2) is 18.2 Å². The van der Waals surface area contributed by atoms with Crippen LogP contribution in [0, 0.1) is 0 Å². The van der Waals surface area contributed by atoms with E-state index in [0.717, 1.165) is 6.42 Å². The van der Waals surface area contributed by atoms with Gasteiger partial charge in [0, 0.05) is 18.2 Å². The SMILES string of the molecule is COC(=O)C1CCCN1C(=O)c1cc(OC)cc(OC)c1. The number of rotatable bonds is 4. The van der Waals surface area contributed by atoms with Gasteiger partial charge < -0.3 is 19.1 Å². The lowest BCUT2D eigenvalue weighted by Gasteiger charge is -2.23. The summed E-state index contributed by atoms with van der Waals surface area (Å²) in [6, 6.07) is 4.45. The fourth-order valence-corrected chi connectivity index (χ4v) is 2.49.